The quantitative estimate of drug-likeness (QED) is 0.517. The molecule has 0 spiro atoms. The highest BCUT2D eigenvalue weighted by Crippen LogP contribution is 2.47. The average molecular weight is 182 g/mol. The summed E-state index contributed by atoms with van der Waals surface area (Å²) in [5.74, 6) is 1.91. The first kappa shape index (κ1) is 11.1. The fourth-order valence-corrected chi connectivity index (χ4v) is 2.55. The zero-order valence-electron chi connectivity index (χ0n) is 10.3. The second kappa shape index (κ2) is 3.29. The van der Waals surface area contributed by atoms with Gasteiger partial charge in [0.05, 0.1) is 0 Å². The highest BCUT2D eigenvalue weighted by atomic mass is 14.4. The Morgan fingerprint density at radius 1 is 0.692 bits per heavy atom. The monoisotopic (exact) mass is 182 g/mol. The van der Waals surface area contributed by atoms with Gasteiger partial charge in [-0.15, -0.1) is 0 Å². The predicted molar refractivity (Wildman–Crippen MR) is 59.7 cm³/mol. The lowest BCUT2D eigenvalue weighted by Gasteiger charge is -2.30. The van der Waals surface area contributed by atoms with Gasteiger partial charge in [0.2, 0.25) is 0 Å². The minimum Gasteiger partial charge on any atom is -0.0599 e. The molecule has 0 heterocycles. The van der Waals surface area contributed by atoms with E-state index in [4.69, 9.17) is 0 Å². The van der Waals surface area contributed by atoms with Crippen LogP contribution in [0.15, 0.2) is 0 Å². The molecule has 1 saturated carbocycles. The second-order valence-electron chi connectivity index (χ2n) is 6.94. The molecule has 0 aromatic rings. The highest BCUT2D eigenvalue weighted by Gasteiger charge is 2.37. The van der Waals surface area contributed by atoms with Gasteiger partial charge in [0.15, 0.2) is 0 Å². The fourth-order valence-electron chi connectivity index (χ4n) is 2.55. The lowest BCUT2D eigenvalue weighted by Crippen LogP contribution is -2.21. The van der Waals surface area contributed by atoms with Crippen molar-refractivity contribution in [2.75, 3.05) is 0 Å². The summed E-state index contributed by atoms with van der Waals surface area (Å²) in [6, 6.07) is 0. The van der Waals surface area contributed by atoms with Crippen molar-refractivity contribution < 1.29 is 0 Å². The van der Waals surface area contributed by atoms with Crippen LogP contribution in [-0.4, -0.2) is 0 Å². The average Bonchev–Trinajstić information content (AvgIpc) is 2.28. The second-order valence-corrected chi connectivity index (χ2v) is 6.94. The third-order valence-corrected chi connectivity index (χ3v) is 3.88. The van der Waals surface area contributed by atoms with E-state index in [9.17, 15) is 0 Å². The van der Waals surface area contributed by atoms with E-state index in [-0.39, 0.29) is 0 Å². The molecule has 1 fully saturated rings. The molecule has 0 radical (unpaired) electrons. The van der Waals surface area contributed by atoms with E-state index in [1.54, 1.807) is 0 Å². The van der Waals surface area contributed by atoms with Crippen LogP contribution >= 0.6 is 0 Å². The van der Waals surface area contributed by atoms with Crippen molar-refractivity contribution in [2.24, 2.45) is 22.7 Å². The summed E-state index contributed by atoms with van der Waals surface area (Å²) in [5.41, 5.74) is 1.06. The standard InChI is InChI=1S/C13H26/c1-12(2,3)10-7-8-11(9-10)13(4,5)6/h10-11H,7-9H2,1-6H3/t10-,11+. The summed E-state index contributed by atoms with van der Waals surface area (Å²) in [6.07, 6.45) is 4.35. The van der Waals surface area contributed by atoms with Crippen LogP contribution in [0, 0.1) is 22.7 Å². The third-order valence-electron chi connectivity index (χ3n) is 3.88. The molecule has 13 heavy (non-hydrogen) atoms. The summed E-state index contributed by atoms with van der Waals surface area (Å²) < 4.78 is 0. The molecule has 0 aromatic carbocycles. The van der Waals surface area contributed by atoms with E-state index >= 15 is 0 Å². The van der Waals surface area contributed by atoms with Crippen molar-refractivity contribution in [3.8, 4) is 0 Å². The Bertz CT molecular complexity index is 145. The van der Waals surface area contributed by atoms with E-state index in [0.29, 0.717) is 10.8 Å². The van der Waals surface area contributed by atoms with Gasteiger partial charge in [-0.3, -0.25) is 0 Å². The molecule has 0 bridgehead atoms. The molecule has 0 aromatic heterocycles. The van der Waals surface area contributed by atoms with Crippen molar-refractivity contribution in [3.63, 3.8) is 0 Å². The van der Waals surface area contributed by atoms with Crippen LogP contribution in [0.25, 0.3) is 0 Å². The van der Waals surface area contributed by atoms with Crippen molar-refractivity contribution in [1.82, 2.24) is 0 Å². The zero-order chi connectivity index (χ0) is 10.3. The Hall–Kier alpha value is 0. The molecule has 1 aliphatic carbocycles. The van der Waals surface area contributed by atoms with E-state index < -0.39 is 0 Å². The van der Waals surface area contributed by atoms with Crippen molar-refractivity contribution >= 4 is 0 Å². The van der Waals surface area contributed by atoms with Gasteiger partial charge in [0.1, 0.15) is 0 Å². The summed E-state index contributed by atoms with van der Waals surface area (Å²) in [4.78, 5) is 0. The number of rotatable bonds is 0. The molecule has 0 aliphatic heterocycles. The Kier molecular flexibility index (Phi) is 2.81. The van der Waals surface area contributed by atoms with Crippen LogP contribution in [-0.2, 0) is 0 Å². The number of hydrogen-bond acceptors (Lipinski definition) is 0. The summed E-state index contributed by atoms with van der Waals surface area (Å²) >= 11 is 0. The van der Waals surface area contributed by atoms with Gasteiger partial charge in [-0.25, -0.2) is 0 Å². The van der Waals surface area contributed by atoms with Crippen molar-refractivity contribution in [2.45, 2.75) is 60.8 Å². The molecule has 0 amide bonds. The molecular formula is C13H26. The third kappa shape index (κ3) is 2.72. The summed E-state index contributed by atoms with van der Waals surface area (Å²) in [6.45, 7) is 14.3. The van der Waals surface area contributed by atoms with Gasteiger partial charge < -0.3 is 0 Å². The maximum atomic E-state index is 2.39. The molecule has 78 valence electrons. The van der Waals surface area contributed by atoms with E-state index in [1.165, 1.54) is 19.3 Å². The van der Waals surface area contributed by atoms with Crippen LogP contribution in [0.3, 0.4) is 0 Å². The first-order valence-corrected chi connectivity index (χ1v) is 5.71. The van der Waals surface area contributed by atoms with Crippen LogP contribution in [0.1, 0.15) is 60.8 Å². The zero-order valence-corrected chi connectivity index (χ0v) is 10.3. The van der Waals surface area contributed by atoms with Crippen LogP contribution in [0.5, 0.6) is 0 Å². The minimum atomic E-state index is 0.528. The molecular weight excluding hydrogens is 156 g/mol. The lowest BCUT2D eigenvalue weighted by molar-refractivity contribution is 0.197. The summed E-state index contributed by atoms with van der Waals surface area (Å²) in [5, 5.41) is 0. The van der Waals surface area contributed by atoms with Crippen LogP contribution in [0.2, 0.25) is 0 Å². The number of hydrogen-bond donors (Lipinski definition) is 0. The van der Waals surface area contributed by atoms with Gasteiger partial charge >= 0.3 is 0 Å². The largest absolute Gasteiger partial charge is 0.0599 e. The van der Waals surface area contributed by atoms with Gasteiger partial charge in [0.25, 0.3) is 0 Å². The molecule has 1 rings (SSSR count). The van der Waals surface area contributed by atoms with Gasteiger partial charge in [-0.2, -0.15) is 0 Å². The van der Waals surface area contributed by atoms with Gasteiger partial charge in [-0.1, -0.05) is 41.5 Å². The molecule has 0 unspecified atom stereocenters. The van der Waals surface area contributed by atoms with Crippen molar-refractivity contribution in [3.05, 3.63) is 0 Å². The first-order valence-electron chi connectivity index (χ1n) is 5.71. The molecule has 2 atom stereocenters. The van der Waals surface area contributed by atoms with Gasteiger partial charge in [-0.05, 0) is 41.9 Å². The topological polar surface area (TPSA) is 0 Å². The SMILES string of the molecule is CC(C)(C)[C@@H]1CC[C@H](C(C)(C)C)C1. The molecule has 1 aliphatic rings. The van der Waals surface area contributed by atoms with E-state index in [0.717, 1.165) is 11.8 Å². The van der Waals surface area contributed by atoms with Crippen molar-refractivity contribution in [1.29, 1.82) is 0 Å². The Labute approximate surface area is 84.1 Å². The molecule has 0 nitrogen and oxygen atoms in total. The Morgan fingerprint density at radius 3 is 1.15 bits per heavy atom. The summed E-state index contributed by atoms with van der Waals surface area (Å²) in [7, 11) is 0. The highest BCUT2D eigenvalue weighted by molar-refractivity contribution is 4.88. The van der Waals surface area contributed by atoms with Gasteiger partial charge in [0, 0.05) is 0 Å². The first-order chi connectivity index (χ1) is 5.71. The Balaban J connectivity index is 2.55. The Morgan fingerprint density at radius 2 is 1.00 bits per heavy atom. The molecule has 0 N–H and O–H groups in total. The van der Waals surface area contributed by atoms with E-state index in [1.807, 2.05) is 0 Å². The maximum absolute atomic E-state index is 2.39. The predicted octanol–water partition coefficient (Wildman–Crippen LogP) is 4.49. The molecule has 0 saturated heterocycles. The smallest absolute Gasteiger partial charge is 0.0354 e. The fraction of sp³-hybridized carbons (Fsp3) is 1.00. The van der Waals surface area contributed by atoms with E-state index in [2.05, 4.69) is 41.5 Å². The molecule has 0 heteroatoms. The lowest BCUT2D eigenvalue weighted by atomic mass is 9.75. The normalized spacial score (nSPS) is 30.9. The van der Waals surface area contributed by atoms with Crippen LogP contribution in [0.4, 0.5) is 0 Å². The minimum absolute atomic E-state index is 0.528. The maximum Gasteiger partial charge on any atom is -0.0354 e. The van der Waals surface area contributed by atoms with Crippen LogP contribution < -0.4 is 0 Å².